The van der Waals surface area contributed by atoms with Crippen molar-refractivity contribution in [1.29, 1.82) is 0 Å². The Morgan fingerprint density at radius 3 is 2.50 bits per heavy atom. The summed E-state index contributed by atoms with van der Waals surface area (Å²) >= 11 is 12.3. The normalized spacial score (nSPS) is 21.2. The molecule has 1 aliphatic carbocycles. The molecule has 2 aromatic carbocycles. The fourth-order valence-electron chi connectivity index (χ4n) is 4.82. The Morgan fingerprint density at radius 2 is 1.82 bits per heavy atom. The van der Waals surface area contributed by atoms with Gasteiger partial charge in [-0.3, -0.25) is 4.79 Å². The predicted molar refractivity (Wildman–Crippen MR) is 110 cm³/mol. The highest BCUT2D eigenvalue weighted by Gasteiger charge is 2.48. The van der Waals surface area contributed by atoms with Gasteiger partial charge in [0.1, 0.15) is 5.82 Å². The fourth-order valence-corrected chi connectivity index (χ4v) is 5.30. The Balaban J connectivity index is 1.50. The van der Waals surface area contributed by atoms with Crippen molar-refractivity contribution in [2.24, 2.45) is 0 Å². The molecule has 3 aliphatic rings. The summed E-state index contributed by atoms with van der Waals surface area (Å²) in [7, 11) is 0. The smallest absolute Gasteiger partial charge is 0.259 e. The van der Waals surface area contributed by atoms with Crippen LogP contribution in [-0.4, -0.2) is 36.5 Å². The summed E-state index contributed by atoms with van der Waals surface area (Å²) in [6.07, 6.45) is 4.46. The van der Waals surface area contributed by atoms with Crippen LogP contribution >= 0.6 is 23.2 Å². The van der Waals surface area contributed by atoms with Crippen molar-refractivity contribution in [1.82, 2.24) is 4.90 Å². The molecule has 1 spiro atoms. The van der Waals surface area contributed by atoms with E-state index in [9.17, 15) is 9.18 Å². The molecule has 146 valence electrons. The van der Waals surface area contributed by atoms with Gasteiger partial charge in [-0.05, 0) is 80.7 Å². The number of halogens is 3. The number of benzene rings is 2. The zero-order chi connectivity index (χ0) is 19.5. The molecule has 0 atom stereocenters. The lowest BCUT2D eigenvalue weighted by molar-refractivity contribution is 0.0975. The molecule has 2 heterocycles. The van der Waals surface area contributed by atoms with Crippen LogP contribution in [-0.2, 0) is 5.41 Å². The van der Waals surface area contributed by atoms with Crippen LogP contribution in [0.5, 0.6) is 0 Å². The van der Waals surface area contributed by atoms with Crippen molar-refractivity contribution in [3.63, 3.8) is 0 Å². The lowest BCUT2D eigenvalue weighted by Gasteiger charge is -2.40. The van der Waals surface area contributed by atoms with Crippen LogP contribution in [0.3, 0.4) is 0 Å². The number of piperidine rings is 1. The van der Waals surface area contributed by atoms with Gasteiger partial charge < -0.3 is 9.80 Å². The van der Waals surface area contributed by atoms with E-state index < -0.39 is 0 Å². The Bertz CT molecular complexity index is 952. The minimum atomic E-state index is -0.249. The first-order valence-electron chi connectivity index (χ1n) is 9.78. The number of rotatable bonds is 2. The third-order valence-corrected chi connectivity index (χ3v) is 7.05. The van der Waals surface area contributed by atoms with E-state index in [0.29, 0.717) is 22.2 Å². The van der Waals surface area contributed by atoms with E-state index in [1.807, 2.05) is 0 Å². The second-order valence-electron chi connectivity index (χ2n) is 8.22. The van der Waals surface area contributed by atoms with Crippen LogP contribution < -0.4 is 4.90 Å². The molecule has 2 aromatic rings. The highest BCUT2D eigenvalue weighted by molar-refractivity contribution is 6.37. The molecule has 0 unspecified atom stereocenters. The molecule has 6 heteroatoms. The summed E-state index contributed by atoms with van der Waals surface area (Å²) in [5.74, 6) is -0.405. The average molecular weight is 419 g/mol. The number of likely N-dealkylation sites (tertiary alicyclic amines) is 1. The predicted octanol–water partition coefficient (Wildman–Crippen LogP) is 5.29. The first kappa shape index (κ1) is 18.4. The number of hydrogen-bond donors (Lipinski definition) is 0. The second-order valence-corrected chi connectivity index (χ2v) is 9.07. The second kappa shape index (κ2) is 6.72. The van der Waals surface area contributed by atoms with E-state index in [0.717, 1.165) is 43.2 Å². The summed E-state index contributed by atoms with van der Waals surface area (Å²) in [5, 5.41) is 0.833. The van der Waals surface area contributed by atoms with Crippen LogP contribution in [0.25, 0.3) is 0 Å². The third-order valence-electron chi connectivity index (χ3n) is 6.51. The molecule has 1 saturated carbocycles. The quantitative estimate of drug-likeness (QED) is 0.661. The number of anilines is 1. The number of carbonyl (C=O) groups excluding carboxylic acids is 1. The first-order valence-corrected chi connectivity index (χ1v) is 10.5. The van der Waals surface area contributed by atoms with Crippen molar-refractivity contribution < 1.29 is 9.18 Å². The van der Waals surface area contributed by atoms with E-state index in [4.69, 9.17) is 23.2 Å². The van der Waals surface area contributed by atoms with Gasteiger partial charge in [-0.1, -0.05) is 23.2 Å². The average Bonchev–Trinajstić information content (AvgIpc) is 3.47. The van der Waals surface area contributed by atoms with E-state index in [-0.39, 0.29) is 17.1 Å². The van der Waals surface area contributed by atoms with E-state index in [2.05, 4.69) is 4.90 Å². The molecule has 0 bridgehead atoms. The lowest BCUT2D eigenvalue weighted by atomic mass is 9.74. The van der Waals surface area contributed by atoms with E-state index >= 15 is 0 Å². The zero-order valence-corrected chi connectivity index (χ0v) is 16.9. The van der Waals surface area contributed by atoms with Gasteiger partial charge in [0.2, 0.25) is 0 Å². The monoisotopic (exact) mass is 418 g/mol. The largest absolute Gasteiger partial charge is 0.307 e. The Kier molecular flexibility index (Phi) is 4.42. The van der Waals surface area contributed by atoms with Crippen molar-refractivity contribution in [3.05, 3.63) is 63.4 Å². The van der Waals surface area contributed by atoms with Crippen LogP contribution in [0.2, 0.25) is 10.0 Å². The van der Waals surface area contributed by atoms with Gasteiger partial charge in [0.25, 0.3) is 5.91 Å². The molecule has 0 aromatic heterocycles. The molecular formula is C22H21Cl2FN2O. The Labute approximate surface area is 174 Å². The number of amides is 1. The highest BCUT2D eigenvalue weighted by Crippen LogP contribution is 2.49. The Morgan fingerprint density at radius 1 is 1.07 bits per heavy atom. The highest BCUT2D eigenvalue weighted by atomic mass is 35.5. The summed E-state index contributed by atoms with van der Waals surface area (Å²) in [6, 6.07) is 10.4. The van der Waals surface area contributed by atoms with Crippen LogP contribution in [0.1, 0.15) is 41.6 Å². The molecule has 28 heavy (non-hydrogen) atoms. The SMILES string of the molecule is O=C(c1ccc(Cl)cc1Cl)N1CC2(CCN(C3CC3)CC2)c2cc(F)ccc21. The fraction of sp³-hybridized carbons (Fsp3) is 0.409. The first-order chi connectivity index (χ1) is 13.5. The maximum absolute atomic E-state index is 14.1. The standard InChI is InChI=1S/C22H21Cl2FN2O/c23-14-1-5-17(19(24)11-14)21(28)27-13-22(18-12-15(25)2-6-20(18)27)7-9-26(10-8-22)16-3-4-16/h1-2,5-6,11-12,16H,3-4,7-10,13H2. The van der Waals surface area contributed by atoms with Gasteiger partial charge in [0, 0.05) is 28.7 Å². The van der Waals surface area contributed by atoms with Gasteiger partial charge in [0.15, 0.2) is 0 Å². The van der Waals surface area contributed by atoms with Crippen LogP contribution in [0, 0.1) is 5.82 Å². The van der Waals surface area contributed by atoms with Crippen molar-refractivity contribution >= 4 is 34.8 Å². The van der Waals surface area contributed by atoms with Crippen LogP contribution in [0.4, 0.5) is 10.1 Å². The molecule has 1 saturated heterocycles. The molecule has 1 amide bonds. The van der Waals surface area contributed by atoms with E-state index in [1.165, 1.54) is 18.9 Å². The van der Waals surface area contributed by atoms with Gasteiger partial charge in [-0.2, -0.15) is 0 Å². The zero-order valence-electron chi connectivity index (χ0n) is 15.4. The van der Waals surface area contributed by atoms with Crippen LogP contribution in [0.15, 0.2) is 36.4 Å². The topological polar surface area (TPSA) is 23.6 Å². The summed E-state index contributed by atoms with van der Waals surface area (Å²) < 4.78 is 14.1. The molecule has 0 N–H and O–H groups in total. The van der Waals surface area contributed by atoms with Crippen molar-refractivity contribution in [2.75, 3.05) is 24.5 Å². The minimum absolute atomic E-state index is 0.156. The van der Waals surface area contributed by atoms with Gasteiger partial charge in [-0.25, -0.2) is 4.39 Å². The number of carbonyl (C=O) groups is 1. The summed E-state index contributed by atoms with van der Waals surface area (Å²) in [4.78, 5) is 17.7. The van der Waals surface area contributed by atoms with Crippen molar-refractivity contribution in [2.45, 2.75) is 37.1 Å². The van der Waals surface area contributed by atoms with Gasteiger partial charge in [0.05, 0.1) is 10.6 Å². The minimum Gasteiger partial charge on any atom is -0.307 e. The third kappa shape index (κ3) is 3.02. The van der Waals surface area contributed by atoms with Gasteiger partial charge >= 0.3 is 0 Å². The van der Waals surface area contributed by atoms with E-state index in [1.54, 1.807) is 35.2 Å². The number of hydrogen-bond acceptors (Lipinski definition) is 2. The Hall–Kier alpha value is -1.62. The molecule has 3 nitrogen and oxygen atoms in total. The van der Waals surface area contributed by atoms with Gasteiger partial charge in [-0.15, -0.1) is 0 Å². The molecule has 5 rings (SSSR count). The maximum Gasteiger partial charge on any atom is 0.259 e. The summed E-state index contributed by atoms with van der Waals surface area (Å²) in [6.45, 7) is 2.58. The summed E-state index contributed by atoms with van der Waals surface area (Å²) in [5.41, 5.74) is 2.00. The maximum atomic E-state index is 14.1. The lowest BCUT2D eigenvalue weighted by Crippen LogP contribution is -2.46. The van der Waals surface area contributed by atoms with Crippen molar-refractivity contribution in [3.8, 4) is 0 Å². The number of fused-ring (bicyclic) bond motifs is 2. The molecular weight excluding hydrogens is 398 g/mol. The molecule has 2 aliphatic heterocycles. The molecule has 0 radical (unpaired) electrons. The molecule has 2 fully saturated rings. The number of nitrogens with zero attached hydrogens (tertiary/aromatic N) is 2.